The summed E-state index contributed by atoms with van der Waals surface area (Å²) in [6.07, 6.45) is 4.82. The van der Waals surface area contributed by atoms with Crippen LogP contribution < -0.4 is 5.32 Å². The summed E-state index contributed by atoms with van der Waals surface area (Å²) in [6.45, 7) is 5.92. The minimum Gasteiger partial charge on any atom is -0.356 e. The second-order valence-corrected chi connectivity index (χ2v) is 4.59. The number of anilines is 1. The molecule has 0 aliphatic rings. The van der Waals surface area contributed by atoms with E-state index in [0.717, 1.165) is 24.6 Å². The van der Waals surface area contributed by atoms with Crippen LogP contribution in [0.1, 0.15) is 24.4 Å². The number of aromatic nitrogens is 3. The highest BCUT2D eigenvalue weighted by atomic mass is 32.1. The lowest BCUT2D eigenvalue weighted by atomic mass is 10.4. The smallest absolute Gasteiger partial charge is 0.183 e. The molecule has 0 unspecified atom stereocenters. The minimum atomic E-state index is 0.782. The first-order valence-corrected chi connectivity index (χ1v) is 6.34. The zero-order valence-electron chi connectivity index (χ0n) is 9.60. The number of aryl methyl sites for hydroxylation is 2. The van der Waals surface area contributed by atoms with Crippen LogP contribution >= 0.6 is 11.3 Å². The molecule has 86 valence electrons. The summed E-state index contributed by atoms with van der Waals surface area (Å²) >= 11 is 1.72. The van der Waals surface area contributed by atoms with Gasteiger partial charge >= 0.3 is 0 Å². The van der Waals surface area contributed by atoms with E-state index >= 15 is 0 Å². The van der Waals surface area contributed by atoms with E-state index in [1.807, 2.05) is 23.1 Å². The molecule has 1 N–H and O–H groups in total. The molecule has 2 aromatic rings. The van der Waals surface area contributed by atoms with Crippen LogP contribution in [0.2, 0.25) is 0 Å². The number of hydrogen-bond donors (Lipinski definition) is 1. The Morgan fingerprint density at radius 1 is 1.44 bits per heavy atom. The highest BCUT2D eigenvalue weighted by molar-refractivity contribution is 7.15. The monoisotopic (exact) mass is 236 g/mol. The van der Waals surface area contributed by atoms with Gasteiger partial charge in [0.1, 0.15) is 0 Å². The van der Waals surface area contributed by atoms with Gasteiger partial charge in [-0.3, -0.25) is 4.68 Å². The fourth-order valence-electron chi connectivity index (χ4n) is 1.51. The van der Waals surface area contributed by atoms with Crippen molar-refractivity contribution in [2.75, 3.05) is 5.32 Å². The lowest BCUT2D eigenvalue weighted by Gasteiger charge is -2.04. The van der Waals surface area contributed by atoms with E-state index in [-0.39, 0.29) is 0 Å². The standard InChI is InChI=1S/C11H16N4S/c1-3-10-8-13-11(16-10)12-7-9-5-6-14-15(9)4-2/h5-6,8H,3-4,7H2,1-2H3,(H,12,13). The van der Waals surface area contributed by atoms with Crippen LogP contribution in [0.4, 0.5) is 5.13 Å². The molecule has 0 aliphatic heterocycles. The van der Waals surface area contributed by atoms with E-state index in [4.69, 9.17) is 0 Å². The topological polar surface area (TPSA) is 42.7 Å². The van der Waals surface area contributed by atoms with Crippen LogP contribution in [0.5, 0.6) is 0 Å². The molecule has 0 saturated carbocycles. The molecule has 0 spiro atoms. The molecular formula is C11H16N4S. The summed E-state index contributed by atoms with van der Waals surface area (Å²) < 4.78 is 1.99. The van der Waals surface area contributed by atoms with Crippen LogP contribution in [-0.4, -0.2) is 14.8 Å². The number of nitrogens with one attached hydrogen (secondary N) is 1. The van der Waals surface area contributed by atoms with Gasteiger partial charge in [-0.25, -0.2) is 4.98 Å². The number of nitrogens with zero attached hydrogens (tertiary/aromatic N) is 3. The third-order valence-electron chi connectivity index (χ3n) is 2.43. The fourth-order valence-corrected chi connectivity index (χ4v) is 2.26. The van der Waals surface area contributed by atoms with Crippen molar-refractivity contribution in [2.24, 2.45) is 0 Å². The van der Waals surface area contributed by atoms with E-state index in [1.165, 1.54) is 10.6 Å². The SMILES string of the molecule is CCc1cnc(NCc2ccnn2CC)s1. The van der Waals surface area contributed by atoms with Crippen molar-refractivity contribution in [3.8, 4) is 0 Å². The maximum atomic E-state index is 4.32. The predicted molar refractivity (Wildman–Crippen MR) is 66.7 cm³/mol. The molecule has 0 bridgehead atoms. The van der Waals surface area contributed by atoms with Gasteiger partial charge in [0.05, 0.1) is 12.2 Å². The number of hydrogen-bond acceptors (Lipinski definition) is 4. The van der Waals surface area contributed by atoms with Crippen LogP contribution in [0.25, 0.3) is 0 Å². The van der Waals surface area contributed by atoms with Gasteiger partial charge in [0, 0.05) is 23.8 Å². The van der Waals surface area contributed by atoms with E-state index in [9.17, 15) is 0 Å². The molecule has 0 aromatic carbocycles. The Morgan fingerprint density at radius 2 is 2.31 bits per heavy atom. The van der Waals surface area contributed by atoms with Crippen molar-refractivity contribution in [3.05, 3.63) is 29.0 Å². The molecular weight excluding hydrogens is 220 g/mol. The molecule has 0 aliphatic carbocycles. The molecule has 0 fully saturated rings. The summed E-state index contributed by atoms with van der Waals surface area (Å²) in [5.74, 6) is 0. The van der Waals surface area contributed by atoms with Crippen molar-refractivity contribution in [1.29, 1.82) is 0 Å². The Balaban J connectivity index is 1.96. The first-order chi connectivity index (χ1) is 7.83. The van der Waals surface area contributed by atoms with Gasteiger partial charge < -0.3 is 5.32 Å². The summed E-state index contributed by atoms with van der Waals surface area (Å²) in [5, 5.41) is 8.54. The summed E-state index contributed by atoms with van der Waals surface area (Å²) in [4.78, 5) is 5.63. The molecule has 0 atom stereocenters. The molecule has 2 heterocycles. The van der Waals surface area contributed by atoms with E-state index < -0.39 is 0 Å². The van der Waals surface area contributed by atoms with Crippen LogP contribution in [0, 0.1) is 0 Å². The maximum Gasteiger partial charge on any atom is 0.183 e. The van der Waals surface area contributed by atoms with Crippen molar-refractivity contribution in [2.45, 2.75) is 33.4 Å². The van der Waals surface area contributed by atoms with Gasteiger partial charge in [-0.2, -0.15) is 5.10 Å². The lowest BCUT2D eigenvalue weighted by molar-refractivity contribution is 0.627. The Hall–Kier alpha value is -1.36. The van der Waals surface area contributed by atoms with Crippen molar-refractivity contribution in [1.82, 2.24) is 14.8 Å². The number of thiazole rings is 1. The largest absolute Gasteiger partial charge is 0.356 e. The van der Waals surface area contributed by atoms with E-state index in [2.05, 4.69) is 29.2 Å². The third-order valence-corrected chi connectivity index (χ3v) is 3.53. The second-order valence-electron chi connectivity index (χ2n) is 3.48. The molecule has 16 heavy (non-hydrogen) atoms. The highest BCUT2D eigenvalue weighted by Gasteiger charge is 2.03. The van der Waals surface area contributed by atoms with Gasteiger partial charge in [0.15, 0.2) is 5.13 Å². The van der Waals surface area contributed by atoms with Gasteiger partial charge in [0.2, 0.25) is 0 Å². The van der Waals surface area contributed by atoms with Crippen LogP contribution in [-0.2, 0) is 19.5 Å². The zero-order chi connectivity index (χ0) is 11.4. The molecule has 2 aromatic heterocycles. The quantitative estimate of drug-likeness (QED) is 0.867. The number of rotatable bonds is 5. The summed E-state index contributed by atoms with van der Waals surface area (Å²) in [6, 6.07) is 2.03. The van der Waals surface area contributed by atoms with Gasteiger partial charge in [-0.15, -0.1) is 11.3 Å². The molecule has 0 saturated heterocycles. The molecule has 5 heteroatoms. The molecule has 2 rings (SSSR count). The Morgan fingerprint density at radius 3 is 3.00 bits per heavy atom. The van der Waals surface area contributed by atoms with Gasteiger partial charge in [0.25, 0.3) is 0 Å². The summed E-state index contributed by atoms with van der Waals surface area (Å²) in [7, 11) is 0. The molecule has 0 amide bonds. The average molecular weight is 236 g/mol. The normalized spacial score (nSPS) is 10.6. The van der Waals surface area contributed by atoms with Crippen LogP contribution in [0.3, 0.4) is 0 Å². The minimum absolute atomic E-state index is 0.782. The maximum absolute atomic E-state index is 4.32. The highest BCUT2D eigenvalue weighted by Crippen LogP contribution is 2.18. The zero-order valence-corrected chi connectivity index (χ0v) is 10.4. The van der Waals surface area contributed by atoms with Crippen molar-refractivity contribution < 1.29 is 0 Å². The first kappa shape index (κ1) is 11.1. The fraction of sp³-hybridized carbons (Fsp3) is 0.455. The molecule has 4 nitrogen and oxygen atoms in total. The van der Waals surface area contributed by atoms with Crippen molar-refractivity contribution >= 4 is 16.5 Å². The Kier molecular flexibility index (Phi) is 3.56. The molecule has 0 radical (unpaired) electrons. The van der Waals surface area contributed by atoms with E-state index in [1.54, 1.807) is 11.3 Å². The van der Waals surface area contributed by atoms with Crippen molar-refractivity contribution in [3.63, 3.8) is 0 Å². The Bertz CT molecular complexity index is 446. The predicted octanol–water partition coefficient (Wildman–Crippen LogP) is 2.53. The van der Waals surface area contributed by atoms with E-state index in [0.29, 0.717) is 0 Å². The van der Waals surface area contributed by atoms with Gasteiger partial charge in [-0.05, 0) is 19.4 Å². The lowest BCUT2D eigenvalue weighted by Crippen LogP contribution is -2.07. The van der Waals surface area contributed by atoms with Gasteiger partial charge in [-0.1, -0.05) is 6.92 Å². The van der Waals surface area contributed by atoms with Crippen LogP contribution in [0.15, 0.2) is 18.5 Å². The average Bonchev–Trinajstić information content (AvgIpc) is 2.94. The Labute approximate surface area is 99.3 Å². The third kappa shape index (κ3) is 2.41. The summed E-state index contributed by atoms with van der Waals surface area (Å²) in [5.41, 5.74) is 1.19. The second kappa shape index (κ2) is 5.12. The first-order valence-electron chi connectivity index (χ1n) is 5.52.